The topological polar surface area (TPSA) is 84.9 Å². The highest BCUT2D eigenvalue weighted by Gasteiger charge is 2.31. The largest absolute Gasteiger partial charge is 0.489 e. The number of carbonyl (C=O) groups is 1. The molecule has 1 atom stereocenters. The predicted octanol–water partition coefficient (Wildman–Crippen LogP) is 4.47. The third kappa shape index (κ3) is 5.77. The molecule has 3 aromatic carbocycles. The molecule has 0 spiro atoms. The zero-order valence-electron chi connectivity index (χ0n) is 17.9. The minimum Gasteiger partial charge on any atom is -0.489 e. The first-order valence-corrected chi connectivity index (χ1v) is 12.5. The van der Waals surface area contributed by atoms with E-state index in [0.29, 0.717) is 28.8 Å². The van der Waals surface area contributed by atoms with E-state index in [4.69, 9.17) is 21.1 Å². The van der Waals surface area contributed by atoms with Gasteiger partial charge in [-0.2, -0.15) is 0 Å². The Labute approximate surface area is 197 Å². The molecule has 33 heavy (non-hydrogen) atoms. The summed E-state index contributed by atoms with van der Waals surface area (Å²) in [5.41, 5.74) is 1.96. The van der Waals surface area contributed by atoms with Crippen LogP contribution in [-0.4, -0.2) is 33.2 Å². The number of benzene rings is 3. The molecule has 172 valence electrons. The number of hydrogen-bond acceptors (Lipinski definition) is 5. The fourth-order valence-electron chi connectivity index (χ4n) is 3.48. The molecule has 0 bridgehead atoms. The Bertz CT molecular complexity index is 1230. The zero-order chi connectivity index (χ0) is 23.4. The number of anilines is 2. The van der Waals surface area contributed by atoms with Gasteiger partial charge in [-0.15, -0.1) is 0 Å². The van der Waals surface area contributed by atoms with Gasteiger partial charge in [-0.25, -0.2) is 8.42 Å². The average Bonchev–Trinajstić information content (AvgIpc) is 2.99. The smallest absolute Gasteiger partial charge is 0.265 e. The molecule has 1 amide bonds. The van der Waals surface area contributed by atoms with Crippen molar-refractivity contribution in [2.45, 2.75) is 19.1 Å². The summed E-state index contributed by atoms with van der Waals surface area (Å²) in [6.07, 6.45) is 0.425. The van der Waals surface area contributed by atoms with Crippen molar-refractivity contribution >= 4 is 38.9 Å². The molecule has 1 aliphatic heterocycles. The van der Waals surface area contributed by atoms with E-state index in [1.807, 2.05) is 30.3 Å². The Morgan fingerprint density at radius 1 is 1.12 bits per heavy atom. The number of nitrogens with one attached hydrogen (secondary N) is 1. The van der Waals surface area contributed by atoms with Crippen LogP contribution in [0.25, 0.3) is 0 Å². The normalized spacial score (nSPS) is 15.7. The van der Waals surface area contributed by atoms with Gasteiger partial charge >= 0.3 is 0 Å². The first-order valence-electron chi connectivity index (χ1n) is 10.3. The number of ether oxygens (including phenoxy) is 2. The van der Waals surface area contributed by atoms with Gasteiger partial charge in [0, 0.05) is 23.7 Å². The van der Waals surface area contributed by atoms with Crippen molar-refractivity contribution in [1.29, 1.82) is 0 Å². The summed E-state index contributed by atoms with van der Waals surface area (Å²) >= 11 is 6.05. The van der Waals surface area contributed by atoms with Crippen LogP contribution in [0.1, 0.15) is 12.0 Å². The lowest BCUT2D eigenvalue weighted by molar-refractivity contribution is -0.122. The van der Waals surface area contributed by atoms with E-state index in [0.717, 1.165) is 11.8 Å². The van der Waals surface area contributed by atoms with Crippen LogP contribution in [-0.2, 0) is 21.4 Å². The number of fused-ring (bicyclic) bond motifs is 1. The highest BCUT2D eigenvalue weighted by molar-refractivity contribution is 7.92. The van der Waals surface area contributed by atoms with E-state index in [-0.39, 0.29) is 24.6 Å². The lowest BCUT2D eigenvalue weighted by atomic mass is 10.2. The molecule has 7 nitrogen and oxygen atoms in total. The van der Waals surface area contributed by atoms with Crippen LogP contribution in [0.3, 0.4) is 0 Å². The van der Waals surface area contributed by atoms with Gasteiger partial charge in [-0.05, 0) is 48.0 Å². The second-order valence-corrected chi connectivity index (χ2v) is 9.97. The van der Waals surface area contributed by atoms with Crippen molar-refractivity contribution in [3.05, 3.63) is 83.4 Å². The fraction of sp³-hybridized carbons (Fsp3) is 0.208. The molecule has 0 fully saturated rings. The van der Waals surface area contributed by atoms with Crippen LogP contribution in [0.2, 0.25) is 5.02 Å². The summed E-state index contributed by atoms with van der Waals surface area (Å²) < 4.78 is 37.4. The number of amides is 1. The van der Waals surface area contributed by atoms with Gasteiger partial charge in [0.2, 0.25) is 10.0 Å². The molecule has 0 aliphatic carbocycles. The molecular weight excluding hydrogens is 464 g/mol. The molecule has 1 heterocycles. The molecule has 9 heteroatoms. The maximum absolute atomic E-state index is 12.9. The Morgan fingerprint density at radius 2 is 1.85 bits per heavy atom. The first kappa shape index (κ1) is 22.9. The molecule has 0 saturated heterocycles. The molecule has 0 radical (unpaired) electrons. The van der Waals surface area contributed by atoms with E-state index in [2.05, 4.69) is 5.32 Å². The minimum atomic E-state index is -3.57. The van der Waals surface area contributed by atoms with E-state index in [9.17, 15) is 13.2 Å². The summed E-state index contributed by atoms with van der Waals surface area (Å²) in [5, 5.41) is 3.20. The number of carbonyl (C=O) groups excluding carboxylic acids is 1. The summed E-state index contributed by atoms with van der Waals surface area (Å²) in [6.45, 7) is 0.541. The monoisotopic (exact) mass is 486 g/mol. The van der Waals surface area contributed by atoms with Crippen molar-refractivity contribution in [1.82, 2.24) is 0 Å². The average molecular weight is 487 g/mol. The van der Waals surface area contributed by atoms with Crippen molar-refractivity contribution in [2.24, 2.45) is 0 Å². The summed E-state index contributed by atoms with van der Waals surface area (Å²) in [6, 6.07) is 21.5. The van der Waals surface area contributed by atoms with Crippen molar-refractivity contribution < 1.29 is 22.7 Å². The Hall–Kier alpha value is -3.23. The van der Waals surface area contributed by atoms with Crippen molar-refractivity contribution in [3.63, 3.8) is 0 Å². The summed E-state index contributed by atoms with van der Waals surface area (Å²) in [7, 11) is -3.57. The quantitative estimate of drug-likeness (QED) is 0.555. The van der Waals surface area contributed by atoms with Gasteiger partial charge in [0.05, 0.1) is 11.9 Å². The van der Waals surface area contributed by atoms with Gasteiger partial charge in [0.25, 0.3) is 5.91 Å². The van der Waals surface area contributed by atoms with Crippen LogP contribution in [0.5, 0.6) is 11.5 Å². The Morgan fingerprint density at radius 3 is 2.55 bits per heavy atom. The van der Waals surface area contributed by atoms with Crippen LogP contribution < -0.4 is 19.1 Å². The highest BCUT2D eigenvalue weighted by atomic mass is 35.5. The Kier molecular flexibility index (Phi) is 6.76. The molecule has 1 N–H and O–H groups in total. The van der Waals surface area contributed by atoms with Gasteiger partial charge in [-0.1, -0.05) is 41.9 Å². The lowest BCUT2D eigenvalue weighted by Crippen LogP contribution is -2.35. The third-order valence-corrected chi connectivity index (χ3v) is 6.53. The standard InChI is InChI=1S/C24H23ClN2O5S/c1-33(29,30)27-14-13-23(32-22-12-7-18(25)15-21(22)27)24(28)26-19-8-10-20(11-9-19)31-16-17-5-3-2-4-6-17/h2-12,15,23H,13-14,16H2,1H3,(H,26,28). The van der Waals surface area contributed by atoms with Crippen LogP contribution in [0, 0.1) is 0 Å². The van der Waals surface area contributed by atoms with Crippen LogP contribution >= 0.6 is 11.6 Å². The number of rotatable bonds is 6. The van der Waals surface area contributed by atoms with Gasteiger partial charge in [-0.3, -0.25) is 9.10 Å². The molecule has 0 aromatic heterocycles. The molecular formula is C24H23ClN2O5S. The predicted molar refractivity (Wildman–Crippen MR) is 129 cm³/mol. The number of sulfonamides is 1. The van der Waals surface area contributed by atoms with Crippen molar-refractivity contribution in [2.75, 3.05) is 22.4 Å². The molecule has 1 aliphatic rings. The van der Waals surface area contributed by atoms with E-state index in [1.54, 1.807) is 36.4 Å². The number of hydrogen-bond donors (Lipinski definition) is 1. The molecule has 0 saturated carbocycles. The molecule has 4 rings (SSSR count). The highest BCUT2D eigenvalue weighted by Crippen LogP contribution is 2.36. The number of nitrogens with zero attached hydrogens (tertiary/aromatic N) is 1. The van der Waals surface area contributed by atoms with Crippen molar-refractivity contribution in [3.8, 4) is 11.5 Å². The van der Waals surface area contributed by atoms with Crippen LogP contribution in [0.4, 0.5) is 11.4 Å². The molecule has 3 aromatic rings. The maximum Gasteiger partial charge on any atom is 0.265 e. The van der Waals surface area contributed by atoms with Gasteiger partial charge in [0.15, 0.2) is 6.10 Å². The number of halogens is 1. The lowest BCUT2D eigenvalue weighted by Gasteiger charge is -2.21. The summed E-state index contributed by atoms with van der Waals surface area (Å²) in [5.74, 6) is 0.591. The second-order valence-electron chi connectivity index (χ2n) is 7.63. The Balaban J connectivity index is 1.42. The van der Waals surface area contributed by atoms with E-state index >= 15 is 0 Å². The van der Waals surface area contributed by atoms with Gasteiger partial charge < -0.3 is 14.8 Å². The second kappa shape index (κ2) is 9.72. The van der Waals surface area contributed by atoms with E-state index in [1.165, 1.54) is 10.4 Å². The van der Waals surface area contributed by atoms with Crippen LogP contribution in [0.15, 0.2) is 72.8 Å². The van der Waals surface area contributed by atoms with Gasteiger partial charge in [0.1, 0.15) is 18.1 Å². The summed E-state index contributed by atoms with van der Waals surface area (Å²) in [4.78, 5) is 12.9. The fourth-order valence-corrected chi connectivity index (χ4v) is 4.58. The minimum absolute atomic E-state index is 0.0938. The third-order valence-electron chi connectivity index (χ3n) is 5.12. The molecule has 1 unspecified atom stereocenters. The maximum atomic E-state index is 12.9. The zero-order valence-corrected chi connectivity index (χ0v) is 19.5. The first-order chi connectivity index (χ1) is 15.8. The van der Waals surface area contributed by atoms with E-state index < -0.39 is 16.1 Å². The SMILES string of the molecule is CS(=O)(=O)N1CCC(C(=O)Nc2ccc(OCc3ccccc3)cc2)Oc2ccc(Cl)cc21.